The van der Waals surface area contributed by atoms with E-state index in [1.54, 1.807) is 70.3 Å². The van der Waals surface area contributed by atoms with Gasteiger partial charge >= 0.3 is 11.9 Å². The van der Waals surface area contributed by atoms with Crippen LogP contribution in [0.2, 0.25) is 0 Å². The molecule has 1 saturated heterocycles. The van der Waals surface area contributed by atoms with Gasteiger partial charge in [-0.2, -0.15) is 0 Å². The molecule has 3 amide bonds. The number of carbonyl (C=O) groups excluding carboxylic acids is 4. The second kappa shape index (κ2) is 41.7. The molecule has 1 fully saturated rings. The summed E-state index contributed by atoms with van der Waals surface area (Å²) in [5.74, 6) is -3.17. The molecule has 84 heavy (non-hydrogen) atoms. The van der Waals surface area contributed by atoms with E-state index in [9.17, 15) is 44.4 Å². The second-order valence-corrected chi connectivity index (χ2v) is 20.1. The number of carbonyl (C=O) groups is 5. The SMILES string of the molecule is COCCOCCOCCOCCOCCOCCOCCOCCOCCOCCOCCOc1ccc(C[C@@H](C(=O)NCCCCc2ccc(COC(=O)C(C)(C)C)c(O[C@@H]3O[C@H](C(=O)O)[C@@H](O)[C@H](O)[C@H]3O)c2)N2C(=O)C=CC2=O)cc1. The molecule has 0 aliphatic carbocycles. The molecule has 6 atom stereocenters. The van der Waals surface area contributed by atoms with Gasteiger partial charge in [0.15, 0.2) is 6.10 Å². The number of aliphatic carboxylic acids is 1. The lowest BCUT2D eigenvalue weighted by atomic mass is 9.97. The van der Waals surface area contributed by atoms with Gasteiger partial charge in [-0.15, -0.1) is 0 Å². The van der Waals surface area contributed by atoms with Gasteiger partial charge < -0.3 is 96.8 Å². The van der Waals surface area contributed by atoms with E-state index in [1.165, 1.54) is 0 Å². The Kier molecular flexibility index (Phi) is 35.4. The monoisotopic (exact) mass is 1200 g/mol. The summed E-state index contributed by atoms with van der Waals surface area (Å²) < 4.78 is 82.3. The first-order chi connectivity index (χ1) is 40.6. The highest BCUT2D eigenvalue weighted by molar-refractivity contribution is 6.15. The van der Waals surface area contributed by atoms with Crippen molar-refractivity contribution in [2.45, 2.75) is 89.8 Å². The number of nitrogens with one attached hydrogen (secondary N) is 1. The molecule has 2 aromatic rings. The highest BCUT2D eigenvalue weighted by Crippen LogP contribution is 2.30. The zero-order valence-corrected chi connectivity index (χ0v) is 48.9. The van der Waals surface area contributed by atoms with Gasteiger partial charge in [0.2, 0.25) is 12.2 Å². The van der Waals surface area contributed by atoms with Crippen LogP contribution in [-0.2, 0) is 105 Å². The Bertz CT molecular complexity index is 2190. The van der Waals surface area contributed by atoms with Crippen LogP contribution < -0.4 is 14.8 Å². The number of unbranched alkanes of at least 4 members (excludes halogenated alkanes) is 1. The Hall–Kier alpha value is -5.27. The number of aliphatic hydroxyl groups excluding tert-OH is 3. The van der Waals surface area contributed by atoms with E-state index >= 15 is 0 Å². The van der Waals surface area contributed by atoms with Crippen molar-refractivity contribution in [3.05, 3.63) is 71.3 Å². The normalized spacial score (nSPS) is 18.3. The maximum absolute atomic E-state index is 13.6. The average Bonchev–Trinajstić information content (AvgIpc) is 3.95. The number of nitrogens with zero attached hydrogens (tertiary/aromatic N) is 1. The maximum atomic E-state index is 13.6. The lowest BCUT2D eigenvalue weighted by molar-refractivity contribution is -0.271. The Morgan fingerprint density at radius 3 is 1.50 bits per heavy atom. The number of carboxylic acid groups (broad SMARTS) is 1. The summed E-state index contributed by atoms with van der Waals surface area (Å²) in [5.41, 5.74) is 0.937. The van der Waals surface area contributed by atoms with Crippen LogP contribution in [0.15, 0.2) is 54.6 Å². The highest BCUT2D eigenvalue weighted by Gasteiger charge is 2.48. The van der Waals surface area contributed by atoms with E-state index in [-0.39, 0.29) is 31.9 Å². The number of rotatable bonds is 48. The summed E-state index contributed by atoms with van der Waals surface area (Å²) in [5, 5.41) is 43.5. The molecular weight excluding hydrogens is 1110 g/mol. The van der Waals surface area contributed by atoms with Gasteiger partial charge in [-0.25, -0.2) is 4.79 Å². The number of aliphatic hydroxyl groups is 3. The van der Waals surface area contributed by atoms with E-state index in [0.29, 0.717) is 180 Å². The van der Waals surface area contributed by atoms with Crippen LogP contribution in [0.1, 0.15) is 50.3 Å². The molecule has 2 aromatic carbocycles. The first-order valence-corrected chi connectivity index (χ1v) is 28.3. The fourth-order valence-electron chi connectivity index (χ4n) is 7.81. The maximum Gasteiger partial charge on any atom is 0.335 e. The fraction of sp³-hybridized carbons (Fsp3) is 0.672. The molecule has 0 aromatic heterocycles. The van der Waals surface area contributed by atoms with Crippen LogP contribution in [0.25, 0.3) is 0 Å². The predicted molar refractivity (Wildman–Crippen MR) is 297 cm³/mol. The largest absolute Gasteiger partial charge is 0.491 e. The molecule has 26 nitrogen and oxygen atoms in total. The minimum atomic E-state index is -1.92. The molecule has 0 radical (unpaired) electrons. The van der Waals surface area contributed by atoms with E-state index in [1.807, 2.05) is 0 Å². The molecule has 2 aliphatic rings. The predicted octanol–water partition coefficient (Wildman–Crippen LogP) is 1.21. The molecule has 5 N–H and O–H groups in total. The molecule has 2 heterocycles. The summed E-state index contributed by atoms with van der Waals surface area (Å²) in [4.78, 5) is 64.4. The highest BCUT2D eigenvalue weighted by atomic mass is 16.7. The Labute approximate surface area is 491 Å². The zero-order valence-electron chi connectivity index (χ0n) is 48.9. The number of hydrogen-bond acceptors (Lipinski definition) is 23. The average molecular weight is 1200 g/mol. The standard InChI is InChI=1S/C58H88N2O24/c1-58(2,3)57(69)82-41-44-11-8-42(40-47(44)83-56-52(65)50(63)51(64)53(84-56)55(67)68)7-5-6-16-59-54(66)46(60-48(61)14-15-49(60)62)39-43-9-12-45(13-10-43)81-38-37-80-36-35-79-34-33-78-32-31-77-30-29-76-28-27-75-26-25-74-24-23-73-22-21-72-20-19-71-18-17-70-4/h8-15,40,46,50-53,56,63-65H,5-7,16-39,41H2,1-4H3,(H,59,66)(H,67,68)/t46-,50-,51-,52+,53-,56+/m0/s1. The molecule has 0 spiro atoms. The first-order valence-electron chi connectivity index (χ1n) is 28.3. The fourth-order valence-corrected chi connectivity index (χ4v) is 7.81. The van der Waals surface area contributed by atoms with E-state index in [0.717, 1.165) is 17.1 Å². The van der Waals surface area contributed by atoms with Gasteiger partial charge in [-0.1, -0.05) is 24.3 Å². The van der Waals surface area contributed by atoms with Crippen LogP contribution in [0.5, 0.6) is 11.5 Å². The molecule has 26 heteroatoms. The van der Waals surface area contributed by atoms with Crippen molar-refractivity contribution in [1.29, 1.82) is 0 Å². The van der Waals surface area contributed by atoms with Gasteiger partial charge in [0.1, 0.15) is 49.1 Å². The third kappa shape index (κ3) is 28.3. The van der Waals surface area contributed by atoms with E-state index < -0.39 is 71.8 Å². The van der Waals surface area contributed by atoms with Crippen molar-refractivity contribution in [2.75, 3.05) is 159 Å². The van der Waals surface area contributed by atoms with Crippen molar-refractivity contribution >= 4 is 29.7 Å². The van der Waals surface area contributed by atoms with E-state index in [4.69, 9.17) is 71.1 Å². The van der Waals surface area contributed by atoms with Crippen molar-refractivity contribution in [2.24, 2.45) is 5.41 Å². The topological polar surface area (TPSA) is 320 Å². The number of carboxylic acids is 1. The second-order valence-electron chi connectivity index (χ2n) is 20.1. The van der Waals surface area contributed by atoms with Crippen LogP contribution in [0, 0.1) is 5.41 Å². The summed E-state index contributed by atoms with van der Waals surface area (Å²) >= 11 is 0. The minimum Gasteiger partial charge on any atom is -0.491 e. The van der Waals surface area contributed by atoms with Crippen LogP contribution in [0.3, 0.4) is 0 Å². The third-order valence-corrected chi connectivity index (χ3v) is 12.4. The van der Waals surface area contributed by atoms with Gasteiger partial charge in [0.05, 0.1) is 144 Å². The third-order valence-electron chi connectivity index (χ3n) is 12.4. The van der Waals surface area contributed by atoms with Gasteiger partial charge in [0, 0.05) is 37.8 Å². The Balaban J connectivity index is 1.03. The number of hydrogen-bond donors (Lipinski definition) is 5. The smallest absolute Gasteiger partial charge is 0.335 e. The lowest BCUT2D eigenvalue weighted by Crippen LogP contribution is -2.61. The first kappa shape index (κ1) is 71.2. The number of methoxy groups -OCH3 is 1. The van der Waals surface area contributed by atoms with Crippen molar-refractivity contribution < 1.29 is 115 Å². The van der Waals surface area contributed by atoms with Gasteiger partial charge in [-0.3, -0.25) is 24.1 Å². The van der Waals surface area contributed by atoms with Gasteiger partial charge in [-0.05, 0) is 69.4 Å². The summed E-state index contributed by atoms with van der Waals surface area (Å²) in [6.07, 6.45) is -5.49. The van der Waals surface area contributed by atoms with Crippen LogP contribution in [0.4, 0.5) is 0 Å². The molecule has 474 valence electrons. The minimum absolute atomic E-state index is 0.0475. The number of benzene rings is 2. The summed E-state index contributed by atoms with van der Waals surface area (Å²) in [6.45, 7) is 14.9. The van der Waals surface area contributed by atoms with Crippen molar-refractivity contribution in [1.82, 2.24) is 10.2 Å². The van der Waals surface area contributed by atoms with Crippen LogP contribution in [-0.4, -0.2) is 251 Å². The Morgan fingerprint density at radius 2 is 1.05 bits per heavy atom. The van der Waals surface area contributed by atoms with E-state index in [2.05, 4.69) is 5.32 Å². The van der Waals surface area contributed by atoms with Gasteiger partial charge in [0.25, 0.3) is 11.8 Å². The van der Waals surface area contributed by atoms with Crippen molar-refractivity contribution in [3.63, 3.8) is 0 Å². The quantitative estimate of drug-likeness (QED) is 0.0353. The van der Waals surface area contributed by atoms with Crippen LogP contribution >= 0.6 is 0 Å². The molecular formula is C58H88N2O24. The number of esters is 1. The molecule has 0 saturated carbocycles. The Morgan fingerprint density at radius 1 is 0.595 bits per heavy atom. The van der Waals surface area contributed by atoms with Crippen molar-refractivity contribution in [3.8, 4) is 11.5 Å². The molecule has 2 aliphatic heterocycles. The number of amides is 3. The lowest BCUT2D eigenvalue weighted by Gasteiger charge is -2.38. The number of aryl methyl sites for hydroxylation is 1. The summed E-state index contributed by atoms with van der Waals surface area (Å²) in [6, 6.07) is 10.8. The molecule has 0 unspecified atom stereocenters. The number of ether oxygens (including phenoxy) is 15. The number of imide groups is 1. The zero-order chi connectivity index (χ0) is 60.8. The molecule has 4 rings (SSSR count). The molecule has 0 bridgehead atoms. The summed E-state index contributed by atoms with van der Waals surface area (Å²) in [7, 11) is 1.63.